The maximum absolute atomic E-state index is 11.7. The van der Waals surface area contributed by atoms with Crippen molar-refractivity contribution in [3.63, 3.8) is 0 Å². The molecule has 1 aromatic carbocycles. The number of methoxy groups -OCH3 is 1. The smallest absolute Gasteiger partial charge is 0.224 e. The van der Waals surface area contributed by atoms with Crippen LogP contribution in [0.15, 0.2) is 24.3 Å². The van der Waals surface area contributed by atoms with Gasteiger partial charge >= 0.3 is 0 Å². The minimum Gasteiger partial charge on any atom is -0.497 e. The fourth-order valence-electron chi connectivity index (χ4n) is 1.84. The van der Waals surface area contributed by atoms with Crippen molar-refractivity contribution in [3.05, 3.63) is 29.8 Å². The molecule has 1 amide bonds. The van der Waals surface area contributed by atoms with Crippen LogP contribution in [-0.2, 0) is 11.2 Å². The highest BCUT2D eigenvalue weighted by Crippen LogP contribution is 2.11. The lowest BCUT2D eigenvalue weighted by Gasteiger charge is -2.06. The Morgan fingerprint density at radius 2 is 1.84 bits per heavy atom. The van der Waals surface area contributed by atoms with Crippen LogP contribution in [-0.4, -0.2) is 26.1 Å². The number of carbonyl (C=O) groups excluding carboxylic acids is 1. The number of nitrogens with one attached hydrogen (secondary N) is 1. The first kappa shape index (κ1) is 15.5. The molecule has 0 spiro atoms. The normalized spacial score (nSPS) is 10.2. The lowest BCUT2D eigenvalue weighted by molar-refractivity contribution is -0.120. The predicted octanol–water partition coefficient (Wildman–Crippen LogP) is 1.87. The summed E-state index contributed by atoms with van der Waals surface area (Å²) in [6, 6.07) is 7.57. The Morgan fingerprint density at radius 1 is 1.16 bits per heavy atom. The molecule has 3 N–H and O–H groups in total. The van der Waals surface area contributed by atoms with Crippen molar-refractivity contribution in [3.8, 4) is 5.75 Å². The Bertz CT molecular complexity index is 363. The second kappa shape index (κ2) is 9.39. The number of unbranched alkanes of at least 4 members (excludes halogenated alkanes) is 3. The molecule has 1 aromatic rings. The first-order valence-corrected chi connectivity index (χ1v) is 6.86. The van der Waals surface area contributed by atoms with Crippen LogP contribution in [0.3, 0.4) is 0 Å². The van der Waals surface area contributed by atoms with Gasteiger partial charge in [0.2, 0.25) is 5.91 Å². The summed E-state index contributed by atoms with van der Waals surface area (Å²) in [5.74, 6) is 0.882. The minimum absolute atomic E-state index is 0.0731. The molecule has 106 valence electrons. The van der Waals surface area contributed by atoms with Gasteiger partial charge in [0.1, 0.15) is 5.75 Å². The fourth-order valence-corrected chi connectivity index (χ4v) is 1.84. The quantitative estimate of drug-likeness (QED) is 0.669. The standard InChI is InChI=1S/C15H24N2O2/c1-19-14-8-6-13(7-9-14)12-15(18)17-11-5-3-2-4-10-16/h6-9H,2-5,10-12,16H2,1H3,(H,17,18). The molecular formula is C15H24N2O2. The molecule has 4 heteroatoms. The zero-order chi connectivity index (χ0) is 13.9. The lowest BCUT2D eigenvalue weighted by Crippen LogP contribution is -2.26. The third kappa shape index (κ3) is 6.82. The van der Waals surface area contributed by atoms with Gasteiger partial charge in [-0.3, -0.25) is 4.79 Å². The van der Waals surface area contributed by atoms with Crippen molar-refractivity contribution < 1.29 is 9.53 Å². The molecule has 0 aliphatic rings. The fraction of sp³-hybridized carbons (Fsp3) is 0.533. The molecule has 0 radical (unpaired) electrons. The van der Waals surface area contributed by atoms with E-state index in [1.54, 1.807) is 7.11 Å². The van der Waals surface area contributed by atoms with Gasteiger partial charge in [-0.25, -0.2) is 0 Å². The zero-order valence-corrected chi connectivity index (χ0v) is 11.7. The summed E-state index contributed by atoms with van der Waals surface area (Å²) < 4.78 is 5.08. The Kier molecular flexibility index (Phi) is 7.66. The Morgan fingerprint density at radius 3 is 2.47 bits per heavy atom. The third-order valence-corrected chi connectivity index (χ3v) is 2.98. The van der Waals surface area contributed by atoms with Crippen LogP contribution in [0.1, 0.15) is 31.2 Å². The van der Waals surface area contributed by atoms with Crippen molar-refractivity contribution in [2.45, 2.75) is 32.1 Å². The molecule has 0 fully saturated rings. The van der Waals surface area contributed by atoms with E-state index in [4.69, 9.17) is 10.5 Å². The summed E-state index contributed by atoms with van der Waals surface area (Å²) >= 11 is 0. The van der Waals surface area contributed by atoms with E-state index in [0.29, 0.717) is 6.42 Å². The summed E-state index contributed by atoms with van der Waals surface area (Å²) in [7, 11) is 1.63. The van der Waals surface area contributed by atoms with Gasteiger partial charge in [-0.05, 0) is 37.1 Å². The van der Waals surface area contributed by atoms with E-state index in [1.165, 1.54) is 0 Å². The average Bonchev–Trinajstić information content (AvgIpc) is 2.43. The zero-order valence-electron chi connectivity index (χ0n) is 11.7. The average molecular weight is 264 g/mol. The van der Waals surface area contributed by atoms with Crippen LogP contribution < -0.4 is 15.8 Å². The molecule has 0 aliphatic heterocycles. The molecule has 0 atom stereocenters. The van der Waals surface area contributed by atoms with Crippen LogP contribution in [0.2, 0.25) is 0 Å². The second-order valence-electron chi connectivity index (χ2n) is 4.58. The van der Waals surface area contributed by atoms with Crippen molar-refractivity contribution in [2.24, 2.45) is 5.73 Å². The number of ether oxygens (including phenoxy) is 1. The van der Waals surface area contributed by atoms with Crippen LogP contribution in [0.4, 0.5) is 0 Å². The van der Waals surface area contributed by atoms with Crippen LogP contribution in [0.5, 0.6) is 5.75 Å². The molecule has 0 bridgehead atoms. The summed E-state index contributed by atoms with van der Waals surface area (Å²) in [6.07, 6.45) is 4.78. The highest BCUT2D eigenvalue weighted by molar-refractivity contribution is 5.78. The minimum atomic E-state index is 0.0731. The molecular weight excluding hydrogens is 240 g/mol. The molecule has 0 saturated heterocycles. The Balaban J connectivity index is 2.16. The molecule has 19 heavy (non-hydrogen) atoms. The second-order valence-corrected chi connectivity index (χ2v) is 4.58. The van der Waals surface area contributed by atoms with E-state index in [9.17, 15) is 4.79 Å². The number of benzene rings is 1. The van der Waals surface area contributed by atoms with Crippen molar-refractivity contribution in [1.82, 2.24) is 5.32 Å². The number of nitrogens with two attached hydrogens (primary N) is 1. The van der Waals surface area contributed by atoms with Crippen LogP contribution >= 0.6 is 0 Å². The lowest BCUT2D eigenvalue weighted by atomic mass is 10.1. The summed E-state index contributed by atoms with van der Waals surface area (Å²) in [6.45, 7) is 1.50. The Labute approximate surface area is 115 Å². The molecule has 0 heterocycles. The van der Waals surface area contributed by atoms with Crippen LogP contribution in [0, 0.1) is 0 Å². The molecule has 0 saturated carbocycles. The number of amides is 1. The monoisotopic (exact) mass is 264 g/mol. The van der Waals surface area contributed by atoms with E-state index < -0.39 is 0 Å². The topological polar surface area (TPSA) is 64.3 Å². The highest BCUT2D eigenvalue weighted by Gasteiger charge is 2.02. The first-order chi connectivity index (χ1) is 9.26. The van der Waals surface area contributed by atoms with Crippen molar-refractivity contribution >= 4 is 5.91 Å². The van der Waals surface area contributed by atoms with Crippen molar-refractivity contribution in [1.29, 1.82) is 0 Å². The molecule has 0 unspecified atom stereocenters. The molecule has 1 rings (SSSR count). The van der Waals surface area contributed by atoms with Gasteiger partial charge < -0.3 is 15.8 Å². The summed E-state index contributed by atoms with van der Waals surface area (Å²) in [4.78, 5) is 11.7. The first-order valence-electron chi connectivity index (χ1n) is 6.86. The van der Waals surface area contributed by atoms with Gasteiger partial charge in [-0.2, -0.15) is 0 Å². The molecule has 0 aliphatic carbocycles. The molecule has 4 nitrogen and oxygen atoms in total. The number of carbonyl (C=O) groups is 1. The number of hydrogen-bond acceptors (Lipinski definition) is 3. The van der Waals surface area contributed by atoms with E-state index in [1.807, 2.05) is 24.3 Å². The van der Waals surface area contributed by atoms with E-state index >= 15 is 0 Å². The summed E-state index contributed by atoms with van der Waals surface area (Å²) in [5.41, 5.74) is 6.42. The maximum Gasteiger partial charge on any atom is 0.224 e. The highest BCUT2D eigenvalue weighted by atomic mass is 16.5. The Hall–Kier alpha value is -1.55. The maximum atomic E-state index is 11.7. The van der Waals surface area contributed by atoms with Gasteiger partial charge in [-0.15, -0.1) is 0 Å². The van der Waals surface area contributed by atoms with Gasteiger partial charge in [0.25, 0.3) is 0 Å². The van der Waals surface area contributed by atoms with Crippen LogP contribution in [0.25, 0.3) is 0 Å². The van der Waals surface area contributed by atoms with E-state index in [-0.39, 0.29) is 5.91 Å². The van der Waals surface area contributed by atoms with E-state index in [2.05, 4.69) is 5.32 Å². The summed E-state index contributed by atoms with van der Waals surface area (Å²) in [5, 5.41) is 2.94. The number of hydrogen-bond donors (Lipinski definition) is 2. The van der Waals surface area contributed by atoms with Gasteiger partial charge in [0.15, 0.2) is 0 Å². The predicted molar refractivity (Wildman–Crippen MR) is 77.2 cm³/mol. The van der Waals surface area contributed by atoms with Gasteiger partial charge in [0, 0.05) is 6.54 Å². The molecule has 0 aromatic heterocycles. The van der Waals surface area contributed by atoms with Crippen molar-refractivity contribution in [2.75, 3.05) is 20.2 Å². The largest absolute Gasteiger partial charge is 0.497 e. The van der Waals surface area contributed by atoms with Gasteiger partial charge in [0.05, 0.1) is 13.5 Å². The number of rotatable bonds is 9. The van der Waals surface area contributed by atoms with Gasteiger partial charge in [-0.1, -0.05) is 25.0 Å². The van der Waals surface area contributed by atoms with E-state index in [0.717, 1.165) is 50.1 Å². The SMILES string of the molecule is COc1ccc(CC(=O)NCCCCCCN)cc1. The third-order valence-electron chi connectivity index (χ3n) is 2.98.